The average Bonchev–Trinajstić information content (AvgIpc) is 0.644. The zero-order chi connectivity index (χ0) is 85.0. The molecule has 20 rings (SSSR count). The second-order valence-electron chi connectivity index (χ2n) is 25.9. The van der Waals surface area contributed by atoms with E-state index < -0.39 is 31.7 Å². The monoisotopic (exact) mass is 1990 g/mol. The number of hydrogen-bond acceptors (Lipinski definition) is 12. The molecule has 8 aromatic heterocycles. The predicted octanol–water partition coefficient (Wildman–Crippen LogP) is 23.4. The standard InChI is InChI=1S/2C25H22P2.4C12H8N2.4CNS.4Cu.H2O/c2*1-5-13-22(14-6-1)26(23-15-7-2-8-16-23)21-27(24-17-9-3-10-18-24)25-19-11-4-12-20-25;4*1-3-9-5-6-10-4-2-8-14-12(10)11(9)13-7-1;4*2-1-3;;;;;/h2*1-20H,21H2;4*1-8H;;;;;;;;;1H2/q;;;;;;4*-1;4*+1;. The third-order valence-corrected chi connectivity index (χ3v) is 30.4. The van der Waals surface area contributed by atoms with E-state index in [1.807, 2.05) is 48.5 Å². The van der Waals surface area contributed by atoms with Crippen LogP contribution in [0.25, 0.3) is 109 Å². The Morgan fingerprint density at radius 3 is 0.378 bits per heavy atom. The minimum atomic E-state index is -0.409. The van der Waals surface area contributed by atoms with Gasteiger partial charge in [-0.25, -0.2) is 0 Å². The molecule has 0 saturated carbocycles. The number of thiocarbonyl (C=S) groups is 4. The quantitative estimate of drug-likeness (QED) is 0.0366. The Morgan fingerprint density at radius 1 is 0.173 bits per heavy atom. The molecule has 0 spiro atoms. The Hall–Kier alpha value is -11.1. The summed E-state index contributed by atoms with van der Waals surface area (Å²) in [6.45, 7) is 0. The molecule has 0 amide bonds. The normalized spacial score (nSPS) is 9.73. The topological polar surface area (TPSA) is 224 Å². The van der Waals surface area contributed by atoms with Crippen LogP contribution in [0.1, 0.15) is 0 Å². The van der Waals surface area contributed by atoms with Gasteiger partial charge in [0.1, 0.15) is 0 Å². The van der Waals surface area contributed by atoms with Crippen LogP contribution >= 0.6 is 80.6 Å². The van der Waals surface area contributed by atoms with Gasteiger partial charge in [-0.05, 0) is 123 Å². The number of pyridine rings is 8. The Morgan fingerprint density at radius 2 is 0.276 bits per heavy atom. The first-order chi connectivity index (χ1) is 60.3. The van der Waals surface area contributed by atoms with E-state index in [-0.39, 0.29) is 73.8 Å². The first kappa shape index (κ1) is 105. The maximum absolute atomic E-state index is 7.13. The SMILES string of the molecule is O.[Cu+].[Cu+].[Cu+].[Cu+].[N-]=C=S.[N-]=C=S.[N-]=C=S.[N-]=C=S.c1ccc(P(CP(c2ccccc2)c2ccccc2)c2ccccc2)cc1.c1ccc(P(CP(c2ccccc2)c2ccccc2)c2ccccc2)cc1.c1cnc2c(c1)ccc1cccnc12.c1cnc2c(c1)ccc1cccnc12.c1cnc2c(c1)ccc1cccnc12.c1cnc2c(c1)ccc1cccnc12. The van der Waals surface area contributed by atoms with Crippen molar-refractivity contribution in [2.45, 2.75) is 0 Å². The van der Waals surface area contributed by atoms with Crippen LogP contribution in [0.3, 0.4) is 0 Å². The summed E-state index contributed by atoms with van der Waals surface area (Å²) in [6, 6.07) is 137. The van der Waals surface area contributed by atoms with Gasteiger partial charge in [-0.2, -0.15) is 20.6 Å². The van der Waals surface area contributed by atoms with Gasteiger partial charge >= 0.3 is 68.3 Å². The van der Waals surface area contributed by atoms with E-state index in [2.05, 4.69) is 428 Å². The molecular formula is C102H78Cu4N12OP4S4. The summed E-state index contributed by atoms with van der Waals surface area (Å²) in [5, 5.41) is 54.6. The van der Waals surface area contributed by atoms with Crippen molar-refractivity contribution < 1.29 is 73.8 Å². The minimum Gasteiger partial charge on any atom is -0.753 e. The van der Waals surface area contributed by atoms with E-state index in [4.69, 9.17) is 21.6 Å². The Kier molecular flexibility index (Phi) is 48.6. The van der Waals surface area contributed by atoms with Crippen LogP contribution in [0.5, 0.6) is 0 Å². The van der Waals surface area contributed by atoms with Gasteiger partial charge in [0.05, 0.1) is 44.1 Å². The second-order valence-corrected chi connectivity index (χ2v) is 36.5. The van der Waals surface area contributed by atoms with Crippen LogP contribution in [0.2, 0.25) is 0 Å². The molecule has 0 saturated heterocycles. The van der Waals surface area contributed by atoms with Crippen LogP contribution in [-0.4, -0.2) is 77.8 Å². The van der Waals surface area contributed by atoms with E-state index >= 15 is 0 Å². The van der Waals surface area contributed by atoms with Gasteiger partial charge in [0, 0.05) is 104 Å². The van der Waals surface area contributed by atoms with Gasteiger partial charge in [-0.1, -0.05) is 389 Å². The summed E-state index contributed by atoms with van der Waals surface area (Å²) in [4.78, 5) is 34.8. The predicted molar refractivity (Wildman–Crippen MR) is 542 cm³/mol. The Bertz CT molecular complexity index is 5600. The molecule has 640 valence electrons. The number of rotatable bonds is 12. The number of nitrogens with zero attached hydrogens (tertiary/aromatic N) is 12. The van der Waals surface area contributed by atoms with Crippen LogP contribution in [0.4, 0.5) is 0 Å². The van der Waals surface area contributed by atoms with Crippen LogP contribution in [0.15, 0.2) is 438 Å². The van der Waals surface area contributed by atoms with E-state index in [0.717, 1.165) is 87.2 Å². The number of fused-ring (bicyclic) bond motifs is 12. The van der Waals surface area contributed by atoms with Crippen molar-refractivity contribution in [1.29, 1.82) is 0 Å². The van der Waals surface area contributed by atoms with Crippen molar-refractivity contribution in [1.82, 2.24) is 39.9 Å². The third kappa shape index (κ3) is 31.1. The zero-order valence-electron chi connectivity index (χ0n) is 67.5. The molecule has 25 heteroatoms. The fourth-order valence-corrected chi connectivity index (χ4v) is 26.1. The summed E-state index contributed by atoms with van der Waals surface area (Å²) in [5.41, 5.74) is 7.82. The zero-order valence-corrected chi connectivity index (χ0v) is 78.1. The molecule has 0 aliphatic carbocycles. The van der Waals surface area contributed by atoms with Gasteiger partial charge in [-0.15, -0.1) is 0 Å². The molecule has 0 bridgehead atoms. The summed E-state index contributed by atoms with van der Waals surface area (Å²) in [7, 11) is -1.63. The van der Waals surface area contributed by atoms with Crippen molar-refractivity contribution in [2.24, 2.45) is 0 Å². The minimum absolute atomic E-state index is 0. The van der Waals surface area contributed by atoms with Gasteiger partial charge in [0.25, 0.3) is 0 Å². The van der Waals surface area contributed by atoms with Crippen LogP contribution in [-0.2, 0) is 68.3 Å². The molecule has 13 nitrogen and oxygen atoms in total. The van der Waals surface area contributed by atoms with Crippen LogP contribution < -0.4 is 42.4 Å². The first-order valence-corrected chi connectivity index (χ1v) is 45.9. The van der Waals surface area contributed by atoms with E-state index in [0.29, 0.717) is 0 Å². The fourth-order valence-electron chi connectivity index (χ4n) is 13.1. The van der Waals surface area contributed by atoms with Crippen molar-refractivity contribution in [3.8, 4) is 0 Å². The van der Waals surface area contributed by atoms with E-state index in [1.54, 1.807) is 49.6 Å². The molecule has 127 heavy (non-hydrogen) atoms. The summed E-state index contributed by atoms with van der Waals surface area (Å²) < 4.78 is 0. The number of aromatic nitrogens is 8. The summed E-state index contributed by atoms with van der Waals surface area (Å²) in [5.74, 6) is 2.35. The molecule has 20 aromatic rings. The van der Waals surface area contributed by atoms with Crippen molar-refractivity contribution in [3.05, 3.63) is 459 Å². The van der Waals surface area contributed by atoms with E-state index in [1.165, 1.54) is 74.9 Å². The number of hydrogen-bond donors (Lipinski definition) is 0. The molecule has 0 atom stereocenters. The van der Waals surface area contributed by atoms with Gasteiger partial charge in [-0.3, -0.25) is 39.9 Å². The Balaban J connectivity index is 0.000000232. The molecule has 8 heterocycles. The molecule has 2 N–H and O–H groups in total. The maximum atomic E-state index is 7.13. The van der Waals surface area contributed by atoms with E-state index in [9.17, 15) is 0 Å². The Labute approximate surface area is 808 Å². The van der Waals surface area contributed by atoms with Gasteiger partial charge in [0.2, 0.25) is 0 Å². The molecule has 12 aromatic carbocycles. The fraction of sp³-hybridized carbons (Fsp3) is 0.0196. The molecule has 0 aliphatic heterocycles. The molecule has 0 radical (unpaired) electrons. The number of benzene rings is 12. The summed E-state index contributed by atoms with van der Waals surface area (Å²) >= 11 is 14.8. The molecule has 0 fully saturated rings. The van der Waals surface area contributed by atoms with Gasteiger partial charge in [0.15, 0.2) is 0 Å². The number of isothiocyanates is 4. The maximum Gasteiger partial charge on any atom is 1.00 e. The first-order valence-electron chi connectivity index (χ1n) is 38.2. The van der Waals surface area contributed by atoms with Gasteiger partial charge < -0.3 is 27.1 Å². The summed E-state index contributed by atoms with van der Waals surface area (Å²) in [6.07, 6.45) is 14.4. The molecular weight excluding hydrogens is 1920 g/mol. The molecule has 0 aliphatic rings. The molecule has 0 unspecified atom stereocenters. The second kappa shape index (κ2) is 59.0. The third-order valence-electron chi connectivity index (χ3n) is 18.5. The largest absolute Gasteiger partial charge is 1.00 e. The smallest absolute Gasteiger partial charge is 0.753 e. The average molecular weight is 1990 g/mol. The van der Waals surface area contributed by atoms with Crippen molar-refractivity contribution in [3.63, 3.8) is 0 Å². The van der Waals surface area contributed by atoms with Crippen LogP contribution in [0, 0.1) is 0 Å². The van der Waals surface area contributed by atoms with Crippen molar-refractivity contribution in [2.75, 3.05) is 11.8 Å². The van der Waals surface area contributed by atoms with Crippen molar-refractivity contribution >= 4 is 231 Å².